The highest BCUT2D eigenvalue weighted by atomic mass is 32.2. The van der Waals surface area contributed by atoms with Crippen molar-refractivity contribution < 1.29 is 22.8 Å². The summed E-state index contributed by atoms with van der Waals surface area (Å²) < 4.78 is 38.5. The van der Waals surface area contributed by atoms with Gasteiger partial charge in [-0.15, -0.1) is 0 Å². The molecule has 0 radical (unpaired) electrons. The molecule has 8 nitrogen and oxygen atoms in total. The maximum atomic E-state index is 12.7. The molecular formula is C20H18N2O6S. The third-order valence-corrected chi connectivity index (χ3v) is 5.40. The lowest BCUT2D eigenvalue weighted by Crippen LogP contribution is -2.14. The van der Waals surface area contributed by atoms with Gasteiger partial charge in [0, 0.05) is 17.8 Å². The Morgan fingerprint density at radius 2 is 1.69 bits per heavy atom. The molecule has 0 atom stereocenters. The lowest BCUT2D eigenvalue weighted by atomic mass is 10.2. The summed E-state index contributed by atoms with van der Waals surface area (Å²) in [6.07, 6.45) is 0. The average molecular weight is 414 g/mol. The molecule has 0 saturated carbocycles. The largest absolute Gasteiger partial charge is 0.495 e. The van der Waals surface area contributed by atoms with Gasteiger partial charge in [0.05, 0.1) is 12.0 Å². The molecular weight excluding hydrogens is 396 g/mol. The van der Waals surface area contributed by atoms with Gasteiger partial charge < -0.3 is 9.47 Å². The number of ether oxygens (including phenoxy) is 2. The van der Waals surface area contributed by atoms with Crippen molar-refractivity contribution in [1.82, 2.24) is 0 Å². The first-order valence-electron chi connectivity index (χ1n) is 8.51. The van der Waals surface area contributed by atoms with E-state index in [0.717, 1.165) is 11.6 Å². The van der Waals surface area contributed by atoms with E-state index in [1.54, 1.807) is 24.3 Å². The smallest absolute Gasteiger partial charge is 0.271 e. The highest BCUT2D eigenvalue weighted by Gasteiger charge is 2.23. The summed E-state index contributed by atoms with van der Waals surface area (Å²) in [7, 11) is -2.81. The van der Waals surface area contributed by atoms with Gasteiger partial charge in [0.25, 0.3) is 15.7 Å². The minimum Gasteiger partial charge on any atom is -0.495 e. The predicted molar refractivity (Wildman–Crippen MR) is 108 cm³/mol. The molecule has 3 aromatic carbocycles. The van der Waals surface area contributed by atoms with Gasteiger partial charge in [-0.2, -0.15) is 0 Å². The zero-order valence-corrected chi connectivity index (χ0v) is 16.3. The number of sulfonamides is 1. The van der Waals surface area contributed by atoms with Crippen LogP contribution in [0.1, 0.15) is 5.56 Å². The zero-order chi connectivity index (χ0) is 20.9. The first-order chi connectivity index (χ1) is 13.9. The number of methoxy groups -OCH3 is 1. The van der Waals surface area contributed by atoms with E-state index in [9.17, 15) is 18.5 Å². The van der Waals surface area contributed by atoms with Crippen LogP contribution in [0, 0.1) is 10.1 Å². The molecule has 0 saturated heterocycles. The first-order valence-corrected chi connectivity index (χ1v) is 9.99. The number of nitrogens with one attached hydrogen (secondary N) is 1. The van der Waals surface area contributed by atoms with E-state index in [-0.39, 0.29) is 22.0 Å². The van der Waals surface area contributed by atoms with Crippen molar-refractivity contribution in [3.63, 3.8) is 0 Å². The van der Waals surface area contributed by atoms with Crippen molar-refractivity contribution in [3.8, 4) is 11.5 Å². The Morgan fingerprint density at radius 3 is 2.31 bits per heavy atom. The van der Waals surface area contributed by atoms with E-state index in [0.29, 0.717) is 12.4 Å². The Hall–Kier alpha value is -3.59. The molecule has 150 valence electrons. The van der Waals surface area contributed by atoms with Crippen LogP contribution in [0.4, 0.5) is 11.4 Å². The van der Waals surface area contributed by atoms with E-state index in [1.165, 1.54) is 19.2 Å². The summed E-state index contributed by atoms with van der Waals surface area (Å²) in [4.78, 5) is 9.99. The topological polar surface area (TPSA) is 108 Å². The van der Waals surface area contributed by atoms with Gasteiger partial charge in [0.1, 0.15) is 23.0 Å². The Morgan fingerprint density at radius 1 is 1.00 bits per heavy atom. The lowest BCUT2D eigenvalue weighted by Gasteiger charge is -2.12. The SMILES string of the molecule is COc1ccc([N+](=O)[O-])cc1S(=O)(=O)Nc1ccc(OCc2ccccc2)cc1. The number of hydrogen-bond donors (Lipinski definition) is 1. The van der Waals surface area contributed by atoms with Gasteiger partial charge in [-0.3, -0.25) is 14.8 Å². The molecule has 0 bridgehead atoms. The van der Waals surface area contributed by atoms with Crippen LogP contribution in [0.5, 0.6) is 11.5 Å². The van der Waals surface area contributed by atoms with Crippen LogP contribution < -0.4 is 14.2 Å². The second kappa shape index (κ2) is 8.61. The monoisotopic (exact) mass is 414 g/mol. The molecule has 3 aromatic rings. The fraction of sp³-hybridized carbons (Fsp3) is 0.100. The Labute approximate surface area is 167 Å². The van der Waals surface area contributed by atoms with Crippen molar-refractivity contribution in [2.24, 2.45) is 0 Å². The second-order valence-electron chi connectivity index (χ2n) is 6.00. The molecule has 3 rings (SSSR count). The fourth-order valence-electron chi connectivity index (χ4n) is 2.56. The summed E-state index contributed by atoms with van der Waals surface area (Å²) in [6.45, 7) is 0.386. The van der Waals surface area contributed by atoms with E-state index < -0.39 is 14.9 Å². The maximum Gasteiger partial charge on any atom is 0.271 e. The number of nitro groups is 1. The molecule has 0 unspecified atom stereocenters. The van der Waals surface area contributed by atoms with E-state index in [1.807, 2.05) is 30.3 Å². The first kappa shape index (κ1) is 20.2. The number of rotatable bonds is 8. The predicted octanol–water partition coefficient (Wildman–Crippen LogP) is 3.98. The van der Waals surface area contributed by atoms with Crippen LogP contribution in [0.15, 0.2) is 77.7 Å². The summed E-state index contributed by atoms with van der Waals surface area (Å²) in [5.41, 5.74) is 0.941. The third kappa shape index (κ3) is 5.02. The summed E-state index contributed by atoms with van der Waals surface area (Å²) in [5.74, 6) is 0.579. The van der Waals surface area contributed by atoms with Crippen molar-refractivity contribution >= 4 is 21.4 Å². The summed E-state index contributed by atoms with van der Waals surface area (Å²) >= 11 is 0. The molecule has 0 aliphatic carbocycles. The molecule has 0 spiro atoms. The standard InChI is InChI=1S/C20H18N2O6S/c1-27-19-12-9-17(22(23)24)13-20(19)29(25,26)21-16-7-10-18(11-8-16)28-14-15-5-3-2-4-6-15/h2-13,21H,14H2,1H3. The Kier molecular flexibility index (Phi) is 5.99. The second-order valence-corrected chi connectivity index (χ2v) is 7.65. The molecule has 9 heteroatoms. The van der Waals surface area contributed by atoms with Gasteiger partial charge in [0.15, 0.2) is 0 Å². The number of non-ortho nitro benzene ring substituents is 1. The number of anilines is 1. The highest BCUT2D eigenvalue weighted by molar-refractivity contribution is 7.92. The molecule has 0 aliphatic rings. The molecule has 0 fully saturated rings. The van der Waals surface area contributed by atoms with E-state index >= 15 is 0 Å². The zero-order valence-electron chi connectivity index (χ0n) is 15.4. The van der Waals surface area contributed by atoms with Crippen LogP contribution in [-0.2, 0) is 16.6 Å². The van der Waals surface area contributed by atoms with E-state index in [2.05, 4.69) is 4.72 Å². The number of benzene rings is 3. The van der Waals surface area contributed by atoms with Crippen LogP contribution in [0.2, 0.25) is 0 Å². The molecule has 0 aliphatic heterocycles. The van der Waals surface area contributed by atoms with Gasteiger partial charge in [-0.05, 0) is 35.9 Å². The molecule has 0 heterocycles. The normalized spacial score (nSPS) is 10.9. The lowest BCUT2D eigenvalue weighted by molar-refractivity contribution is -0.385. The van der Waals surface area contributed by atoms with Crippen LogP contribution in [0.25, 0.3) is 0 Å². The minimum atomic E-state index is -4.10. The van der Waals surface area contributed by atoms with Crippen molar-refractivity contribution in [3.05, 3.63) is 88.5 Å². The van der Waals surface area contributed by atoms with Gasteiger partial charge in [0.2, 0.25) is 0 Å². The van der Waals surface area contributed by atoms with Crippen LogP contribution in [0.3, 0.4) is 0 Å². The fourth-order valence-corrected chi connectivity index (χ4v) is 3.81. The summed E-state index contributed by atoms with van der Waals surface area (Å²) in [5, 5.41) is 11.0. The van der Waals surface area contributed by atoms with Crippen molar-refractivity contribution in [2.75, 3.05) is 11.8 Å². The average Bonchev–Trinajstić information content (AvgIpc) is 2.73. The third-order valence-electron chi connectivity index (χ3n) is 4.00. The van der Waals surface area contributed by atoms with E-state index in [4.69, 9.17) is 9.47 Å². The number of nitrogens with zero attached hydrogens (tertiary/aromatic N) is 1. The minimum absolute atomic E-state index is 0.00548. The Balaban J connectivity index is 1.75. The van der Waals surface area contributed by atoms with Crippen molar-refractivity contribution in [2.45, 2.75) is 11.5 Å². The van der Waals surface area contributed by atoms with Gasteiger partial charge in [-0.25, -0.2) is 8.42 Å². The van der Waals surface area contributed by atoms with Crippen LogP contribution in [-0.4, -0.2) is 20.5 Å². The molecule has 0 aromatic heterocycles. The Bertz CT molecular complexity index is 1100. The maximum absolute atomic E-state index is 12.7. The highest BCUT2D eigenvalue weighted by Crippen LogP contribution is 2.30. The van der Waals surface area contributed by atoms with Crippen molar-refractivity contribution in [1.29, 1.82) is 0 Å². The summed E-state index contributed by atoms with van der Waals surface area (Å²) in [6, 6.07) is 19.4. The molecule has 29 heavy (non-hydrogen) atoms. The number of nitro benzene ring substituents is 1. The molecule has 1 N–H and O–H groups in total. The quantitative estimate of drug-likeness (QED) is 0.441. The molecule has 0 amide bonds. The van der Waals surface area contributed by atoms with Gasteiger partial charge in [-0.1, -0.05) is 30.3 Å². The van der Waals surface area contributed by atoms with Gasteiger partial charge >= 0.3 is 0 Å². The number of hydrogen-bond acceptors (Lipinski definition) is 6. The van der Waals surface area contributed by atoms with Crippen LogP contribution >= 0.6 is 0 Å².